The number of aliphatic hydroxyl groups is 2. The predicted molar refractivity (Wildman–Crippen MR) is 117 cm³/mol. The van der Waals surface area contributed by atoms with Crippen molar-refractivity contribution in [3.05, 3.63) is 35.5 Å². The van der Waals surface area contributed by atoms with Crippen molar-refractivity contribution < 1.29 is 48.0 Å². The highest BCUT2D eigenvalue weighted by Gasteiger charge is 2.91. The molecule has 0 radical (unpaired) electrons. The normalized spacial score (nSPS) is 50.2. The summed E-state index contributed by atoms with van der Waals surface area (Å²) in [6.07, 6.45) is -0.817. The fraction of sp³-hybridized carbons (Fsp3) is 0.654. The molecule has 5 heterocycles. The molecule has 9 atom stereocenters. The van der Waals surface area contributed by atoms with Crippen molar-refractivity contribution in [3.8, 4) is 0 Å². The number of carbonyl (C=O) groups excluding carboxylic acids is 3. The number of epoxide rings is 1. The standard InChI is InChI=1S/C26H28O10/c1-22(2)17-16(29)18(30)23(3)12(25(17)10-33-15(28)8-14(25)35-22)7-13(27)24(4)19(11-5-6-32-9-11)34-21(31)20-26(23,24)36-20/h5-6,9,12-14,19-20,27,29H,7-8,10H2,1-4H3/t12?,13?,14-,19-,20+,23-,24-,25-,26-/m0/s1. The van der Waals surface area contributed by atoms with Gasteiger partial charge in [0.25, 0.3) is 0 Å². The number of carbonyl (C=O) groups is 3. The second-order valence-electron chi connectivity index (χ2n) is 12.0. The maximum atomic E-state index is 14.3. The zero-order chi connectivity index (χ0) is 25.6. The molecule has 1 aromatic heterocycles. The van der Waals surface area contributed by atoms with E-state index in [1.165, 1.54) is 12.5 Å². The molecular weight excluding hydrogens is 472 g/mol. The van der Waals surface area contributed by atoms with E-state index in [4.69, 9.17) is 23.4 Å². The summed E-state index contributed by atoms with van der Waals surface area (Å²) in [5.74, 6) is -2.72. The molecule has 10 heteroatoms. The number of esters is 2. The van der Waals surface area contributed by atoms with Crippen molar-refractivity contribution in [1.82, 2.24) is 0 Å². The van der Waals surface area contributed by atoms with E-state index in [1.807, 2.05) is 0 Å². The largest absolute Gasteiger partial charge is 0.504 e. The van der Waals surface area contributed by atoms with Gasteiger partial charge in [-0.2, -0.15) is 0 Å². The van der Waals surface area contributed by atoms with Crippen LogP contribution in [-0.2, 0) is 33.3 Å². The third kappa shape index (κ3) is 2.06. The van der Waals surface area contributed by atoms with E-state index in [1.54, 1.807) is 33.8 Å². The lowest BCUT2D eigenvalue weighted by Crippen LogP contribution is -2.74. The van der Waals surface area contributed by atoms with Gasteiger partial charge >= 0.3 is 11.9 Å². The Morgan fingerprint density at radius 2 is 1.81 bits per heavy atom. The van der Waals surface area contributed by atoms with E-state index in [9.17, 15) is 24.6 Å². The van der Waals surface area contributed by atoms with Crippen LogP contribution in [0.25, 0.3) is 0 Å². The van der Waals surface area contributed by atoms with Crippen molar-refractivity contribution in [3.63, 3.8) is 0 Å². The Hall–Kier alpha value is -2.69. The zero-order valence-corrected chi connectivity index (χ0v) is 20.4. The summed E-state index contributed by atoms with van der Waals surface area (Å²) in [5, 5.41) is 23.4. The van der Waals surface area contributed by atoms with Gasteiger partial charge in [-0.25, -0.2) is 4.79 Å². The molecule has 192 valence electrons. The van der Waals surface area contributed by atoms with Crippen molar-refractivity contribution in [2.45, 2.75) is 76.2 Å². The van der Waals surface area contributed by atoms with Gasteiger partial charge < -0.3 is 33.6 Å². The Morgan fingerprint density at radius 3 is 2.50 bits per heavy atom. The molecule has 2 spiro atoms. The number of hydrogen-bond acceptors (Lipinski definition) is 10. The minimum absolute atomic E-state index is 0.0503. The Kier molecular flexibility index (Phi) is 3.89. The van der Waals surface area contributed by atoms with Crippen LogP contribution >= 0.6 is 0 Å². The zero-order valence-electron chi connectivity index (χ0n) is 20.4. The first-order chi connectivity index (χ1) is 16.9. The molecule has 10 nitrogen and oxygen atoms in total. The van der Waals surface area contributed by atoms with Crippen LogP contribution in [0.1, 0.15) is 52.2 Å². The third-order valence-electron chi connectivity index (χ3n) is 10.3. The SMILES string of the molecule is CC1(C)O[C@H]2CC(=O)OC[C@@]23C1=C(O)C(=O)[C@]1(C)C3CC(O)[C@@]2(C)[C@H](c3ccoc3)OC(=O)[C@H]3O[C@]321. The van der Waals surface area contributed by atoms with E-state index >= 15 is 0 Å². The number of aliphatic hydroxyl groups excluding tert-OH is 2. The molecule has 1 saturated carbocycles. The van der Waals surface area contributed by atoms with Crippen molar-refractivity contribution in [1.29, 1.82) is 0 Å². The van der Waals surface area contributed by atoms with Gasteiger partial charge in [0.1, 0.15) is 18.3 Å². The summed E-state index contributed by atoms with van der Waals surface area (Å²) in [6.45, 7) is 6.87. The van der Waals surface area contributed by atoms with Crippen LogP contribution in [0.3, 0.4) is 0 Å². The van der Waals surface area contributed by atoms with Crippen molar-refractivity contribution in [2.75, 3.05) is 6.61 Å². The molecule has 0 bridgehead atoms. The van der Waals surface area contributed by atoms with Gasteiger partial charge in [0.15, 0.2) is 11.9 Å². The third-order valence-corrected chi connectivity index (χ3v) is 10.3. The molecule has 1 aromatic rings. The molecule has 36 heavy (non-hydrogen) atoms. The van der Waals surface area contributed by atoms with E-state index in [0.29, 0.717) is 11.1 Å². The molecule has 2 unspecified atom stereocenters. The number of furan rings is 1. The number of ether oxygens (including phenoxy) is 4. The fourth-order valence-electron chi connectivity index (χ4n) is 8.90. The number of ketones is 1. The number of Topliss-reactive ketones (excluding diaryl/α,β-unsaturated/α-hetero) is 1. The lowest BCUT2D eigenvalue weighted by Gasteiger charge is -2.64. The second-order valence-corrected chi connectivity index (χ2v) is 12.0. The van der Waals surface area contributed by atoms with Crippen molar-refractivity contribution >= 4 is 17.7 Å². The van der Waals surface area contributed by atoms with Gasteiger partial charge in [0.05, 0.1) is 53.0 Å². The highest BCUT2D eigenvalue weighted by molar-refractivity contribution is 6.03. The second kappa shape index (κ2) is 6.23. The summed E-state index contributed by atoms with van der Waals surface area (Å²) < 4.78 is 29.1. The summed E-state index contributed by atoms with van der Waals surface area (Å²) in [4.78, 5) is 39.8. The first-order valence-electron chi connectivity index (χ1n) is 12.3. The lowest BCUT2D eigenvalue weighted by molar-refractivity contribution is -0.240. The topological polar surface area (TPSA) is 145 Å². The van der Waals surface area contributed by atoms with Crippen LogP contribution < -0.4 is 0 Å². The van der Waals surface area contributed by atoms with Gasteiger partial charge in [0, 0.05) is 11.1 Å². The van der Waals surface area contributed by atoms with Crippen LogP contribution in [0.5, 0.6) is 0 Å². The molecule has 5 fully saturated rings. The van der Waals surface area contributed by atoms with E-state index in [-0.39, 0.29) is 19.4 Å². The first kappa shape index (κ1) is 22.5. The van der Waals surface area contributed by atoms with Gasteiger partial charge in [-0.1, -0.05) is 6.92 Å². The number of rotatable bonds is 1. The van der Waals surface area contributed by atoms with Crippen LogP contribution in [0, 0.1) is 22.2 Å². The lowest BCUT2D eigenvalue weighted by atomic mass is 9.38. The first-order valence-corrected chi connectivity index (χ1v) is 12.3. The van der Waals surface area contributed by atoms with Gasteiger partial charge in [0.2, 0.25) is 5.78 Å². The summed E-state index contributed by atoms with van der Waals surface area (Å²) in [5.41, 5.74) is -5.34. The molecule has 0 amide bonds. The molecular formula is C26H28O10. The highest BCUT2D eigenvalue weighted by atomic mass is 16.7. The highest BCUT2D eigenvalue weighted by Crippen LogP contribution is 2.79. The van der Waals surface area contributed by atoms with Crippen LogP contribution in [0.2, 0.25) is 0 Å². The average Bonchev–Trinajstić information content (AvgIpc) is 3.28. The Labute approximate surface area is 206 Å². The number of cyclic esters (lactones) is 2. The molecule has 4 aliphatic heterocycles. The number of hydrogen-bond donors (Lipinski definition) is 2. The summed E-state index contributed by atoms with van der Waals surface area (Å²) in [7, 11) is 0. The Morgan fingerprint density at radius 1 is 1.06 bits per heavy atom. The molecule has 0 aromatic carbocycles. The van der Waals surface area contributed by atoms with Gasteiger partial charge in [-0.3, -0.25) is 9.59 Å². The molecule has 2 N–H and O–H groups in total. The van der Waals surface area contributed by atoms with E-state index in [2.05, 4.69) is 0 Å². The van der Waals surface area contributed by atoms with E-state index in [0.717, 1.165) is 0 Å². The maximum absolute atomic E-state index is 14.3. The molecule has 7 rings (SSSR count). The average molecular weight is 501 g/mol. The Balaban J connectivity index is 1.49. The smallest absolute Gasteiger partial charge is 0.339 e. The summed E-state index contributed by atoms with van der Waals surface area (Å²) in [6, 6.07) is 1.65. The maximum Gasteiger partial charge on any atom is 0.339 e. The van der Waals surface area contributed by atoms with Crippen molar-refractivity contribution in [2.24, 2.45) is 22.2 Å². The number of allylic oxidation sites excluding steroid dienone is 1. The summed E-state index contributed by atoms with van der Waals surface area (Å²) >= 11 is 0. The van der Waals surface area contributed by atoms with Gasteiger partial charge in [-0.05, 0) is 39.2 Å². The van der Waals surface area contributed by atoms with E-state index < -0.39 is 81.3 Å². The van der Waals surface area contributed by atoms with Crippen LogP contribution in [-0.4, -0.2) is 64.1 Å². The minimum atomic E-state index is -1.47. The van der Waals surface area contributed by atoms with Crippen LogP contribution in [0.4, 0.5) is 0 Å². The van der Waals surface area contributed by atoms with Crippen LogP contribution in [0.15, 0.2) is 34.3 Å². The van der Waals surface area contributed by atoms with Gasteiger partial charge in [-0.15, -0.1) is 0 Å². The molecule has 2 aliphatic carbocycles. The Bertz CT molecular complexity index is 1260. The monoisotopic (exact) mass is 500 g/mol. The predicted octanol–water partition coefficient (Wildman–Crippen LogP) is 1.91. The molecule has 6 aliphatic rings. The minimum Gasteiger partial charge on any atom is -0.504 e. The quantitative estimate of drug-likeness (QED) is 0.433. The molecule has 4 saturated heterocycles. The number of fused-ring (bicyclic) bond motifs is 1. The fourth-order valence-corrected chi connectivity index (χ4v) is 8.90.